The largest absolute Gasteiger partial charge is 0.460 e. The highest BCUT2D eigenvalue weighted by atomic mass is 19.4. The monoisotopic (exact) mass is 822 g/mol. The first-order chi connectivity index (χ1) is 23.3. The molecule has 2 rings (SSSR count). The van der Waals surface area contributed by atoms with Crippen LogP contribution in [-0.2, 0) is 0 Å². The number of allylic oxidation sites excluding steroid dienone is 2. The van der Waals surface area contributed by atoms with Gasteiger partial charge in [-0.3, -0.25) is 0 Å². The number of rotatable bonds is 10. The van der Waals surface area contributed by atoms with Crippen molar-refractivity contribution in [1.29, 1.82) is 0 Å². The van der Waals surface area contributed by atoms with Crippen molar-refractivity contribution in [2.75, 3.05) is 22.9 Å². The maximum absolute atomic E-state index is 13.5. The molecule has 0 bridgehead atoms. The van der Waals surface area contributed by atoms with E-state index in [1.54, 1.807) is 0 Å². The van der Waals surface area contributed by atoms with Gasteiger partial charge in [-0.15, -0.1) is 0 Å². The highest BCUT2D eigenvalue weighted by molar-refractivity contribution is 5.64. The lowest BCUT2D eigenvalue weighted by molar-refractivity contribution is -0.392. The molecule has 0 spiro atoms. The number of alkyl halides is 18. The van der Waals surface area contributed by atoms with Gasteiger partial charge in [0.1, 0.15) is 0 Å². The fraction of sp³-hybridized carbons (Fsp3) is 0.360. The minimum absolute atomic E-state index is 0.201. The summed E-state index contributed by atoms with van der Waals surface area (Å²) in [6.45, 7) is 1.37. The summed E-state index contributed by atoms with van der Waals surface area (Å²) in [5, 5.41) is 0. The molecular formula is C25H16F22N4O2. The van der Waals surface area contributed by atoms with Gasteiger partial charge in [0.2, 0.25) is 11.7 Å². The van der Waals surface area contributed by atoms with Crippen LogP contribution in [0, 0.1) is 6.92 Å². The maximum Gasteiger partial charge on any atom is 0.460 e. The van der Waals surface area contributed by atoms with Crippen LogP contribution >= 0.6 is 0 Å². The molecule has 6 nitrogen and oxygen atoms in total. The molecule has 0 fully saturated rings. The number of anilines is 4. The quantitative estimate of drug-likeness (QED) is 0.108. The van der Waals surface area contributed by atoms with Crippen molar-refractivity contribution in [3.63, 3.8) is 0 Å². The van der Waals surface area contributed by atoms with E-state index < -0.39 is 94.4 Å². The highest BCUT2D eigenvalue weighted by Crippen LogP contribution is 2.57. The Hall–Kier alpha value is -4.82. The summed E-state index contributed by atoms with van der Waals surface area (Å²) in [5.74, 6) is -53.4. The van der Waals surface area contributed by atoms with E-state index in [2.05, 4.69) is 9.47 Å². The van der Waals surface area contributed by atoms with Gasteiger partial charge in [0.15, 0.2) is 11.5 Å². The molecule has 0 heterocycles. The second-order valence-corrected chi connectivity index (χ2v) is 9.87. The van der Waals surface area contributed by atoms with E-state index in [0.717, 1.165) is 18.2 Å². The van der Waals surface area contributed by atoms with Gasteiger partial charge in [0, 0.05) is 23.5 Å². The van der Waals surface area contributed by atoms with Gasteiger partial charge < -0.3 is 32.4 Å². The molecule has 2 aromatic rings. The number of nitrogen functional groups attached to an aromatic ring is 4. The number of benzene rings is 2. The van der Waals surface area contributed by atoms with Crippen LogP contribution < -0.4 is 32.4 Å². The lowest BCUT2D eigenvalue weighted by Gasteiger charge is -2.32. The molecular weight excluding hydrogens is 806 g/mol. The van der Waals surface area contributed by atoms with Gasteiger partial charge in [-0.1, -0.05) is 0 Å². The maximum atomic E-state index is 13.5. The number of hydrogen-bond acceptors (Lipinski definition) is 6. The number of hydrogen-bond donors (Lipinski definition) is 4. The van der Waals surface area contributed by atoms with Crippen molar-refractivity contribution in [1.82, 2.24) is 0 Å². The normalized spacial score (nSPS) is 14.8. The van der Waals surface area contributed by atoms with Crippen molar-refractivity contribution in [3.05, 3.63) is 59.6 Å². The molecule has 0 atom stereocenters. The minimum atomic E-state index is -7.39. The molecule has 0 amide bonds. The van der Waals surface area contributed by atoms with Crippen LogP contribution in [0.3, 0.4) is 0 Å². The Morgan fingerprint density at radius 2 is 0.792 bits per heavy atom. The summed E-state index contributed by atoms with van der Waals surface area (Å²) in [6, 6.07) is -2.23. The van der Waals surface area contributed by atoms with E-state index in [1.807, 2.05) is 0 Å². The topological polar surface area (TPSA) is 123 Å². The summed E-state index contributed by atoms with van der Waals surface area (Å²) < 4.78 is 288. The molecule has 0 aliphatic carbocycles. The van der Waals surface area contributed by atoms with Gasteiger partial charge in [0.05, 0.1) is 11.4 Å². The highest BCUT2D eigenvalue weighted by Gasteiger charge is 2.84. The Kier molecular flexibility index (Phi) is 12.7. The van der Waals surface area contributed by atoms with E-state index in [-0.39, 0.29) is 16.9 Å². The third kappa shape index (κ3) is 8.54. The molecule has 0 saturated heterocycles. The van der Waals surface area contributed by atoms with Crippen LogP contribution in [-0.4, -0.2) is 47.9 Å². The Balaban J connectivity index is 0.000000530. The Bertz CT molecular complexity index is 1720. The summed E-state index contributed by atoms with van der Waals surface area (Å²) in [7, 11) is 0. The van der Waals surface area contributed by atoms with Gasteiger partial charge in [-0.2, -0.15) is 96.6 Å². The average Bonchev–Trinajstić information content (AvgIpc) is 2.99. The molecule has 0 aromatic heterocycles. The molecule has 0 aliphatic heterocycles. The zero-order valence-electron chi connectivity index (χ0n) is 24.8. The van der Waals surface area contributed by atoms with Crippen LogP contribution in [0.15, 0.2) is 54.0 Å². The van der Waals surface area contributed by atoms with Crippen molar-refractivity contribution >= 4 is 22.7 Å². The summed E-state index contributed by atoms with van der Waals surface area (Å²) in [6.07, 6.45) is -14.4. The van der Waals surface area contributed by atoms with Gasteiger partial charge in [-0.05, 0) is 30.7 Å². The fourth-order valence-electron chi connectivity index (χ4n) is 3.01. The predicted octanol–water partition coefficient (Wildman–Crippen LogP) is 9.92. The second-order valence-electron chi connectivity index (χ2n) is 9.87. The standard InChI is InChI=1S/C13H9F11N2O.C12H7F11N2O/c1-4-2-6(26)7(3-5(4)25)27-9(15)8(14)10(16,17)11(18,19)12(20,21)13(22,23)24;13-7(8(14)26-6-3-4(24)1-2-5(6)25)9(15,16)10(17,18)11(19,20)12(21,22)23/h2-3H,25-26H2,1H3;1-3H,24-25H2. The SMILES string of the molecule is Cc1cc(N)c(OC(F)=C(F)C(F)(F)C(F)(F)C(F)(F)C(F)(F)F)cc1N.Nc1ccc(N)c(OC(F)=C(F)C(F)(F)C(F)(F)C(F)(F)C(F)(F)F)c1. The zero-order chi connectivity index (χ0) is 42.3. The summed E-state index contributed by atoms with van der Waals surface area (Å²) in [4.78, 5) is 0. The van der Waals surface area contributed by atoms with Gasteiger partial charge in [-0.25, -0.2) is 0 Å². The summed E-state index contributed by atoms with van der Waals surface area (Å²) in [5.41, 5.74) is 19.6. The molecule has 0 saturated carbocycles. The molecule has 302 valence electrons. The Morgan fingerprint density at radius 1 is 0.453 bits per heavy atom. The number of aryl methyl sites for hydroxylation is 1. The van der Waals surface area contributed by atoms with Crippen LogP contribution in [0.2, 0.25) is 0 Å². The lowest BCUT2D eigenvalue weighted by atomic mass is 10.0. The van der Waals surface area contributed by atoms with E-state index >= 15 is 0 Å². The van der Waals surface area contributed by atoms with Crippen molar-refractivity contribution < 1.29 is 106 Å². The lowest BCUT2D eigenvalue weighted by Crippen LogP contribution is -2.61. The third-order valence-corrected chi connectivity index (χ3v) is 6.02. The predicted molar refractivity (Wildman–Crippen MR) is 137 cm³/mol. The van der Waals surface area contributed by atoms with Crippen LogP contribution in [0.25, 0.3) is 0 Å². The number of ether oxygens (including phenoxy) is 2. The van der Waals surface area contributed by atoms with Crippen LogP contribution in [0.1, 0.15) is 5.56 Å². The Labute approximate surface area is 278 Å². The van der Waals surface area contributed by atoms with E-state index in [4.69, 9.17) is 22.9 Å². The first kappa shape index (κ1) is 46.2. The molecule has 2 aromatic carbocycles. The van der Waals surface area contributed by atoms with Crippen LogP contribution in [0.5, 0.6) is 11.5 Å². The molecule has 53 heavy (non-hydrogen) atoms. The van der Waals surface area contributed by atoms with E-state index in [0.29, 0.717) is 12.1 Å². The Morgan fingerprint density at radius 3 is 1.13 bits per heavy atom. The number of halogens is 22. The molecule has 0 radical (unpaired) electrons. The molecule has 0 unspecified atom stereocenters. The molecule has 0 aliphatic rings. The minimum Gasteiger partial charge on any atom is -0.427 e. The molecule has 8 N–H and O–H groups in total. The zero-order valence-corrected chi connectivity index (χ0v) is 24.8. The fourth-order valence-corrected chi connectivity index (χ4v) is 3.01. The second kappa shape index (κ2) is 14.5. The van der Waals surface area contributed by atoms with Crippen molar-refractivity contribution in [2.24, 2.45) is 0 Å². The first-order valence-corrected chi connectivity index (χ1v) is 12.5. The van der Waals surface area contributed by atoms with Gasteiger partial charge >= 0.3 is 59.9 Å². The molecule has 28 heteroatoms. The van der Waals surface area contributed by atoms with Crippen molar-refractivity contribution in [2.45, 2.75) is 54.8 Å². The third-order valence-electron chi connectivity index (χ3n) is 6.02. The smallest absolute Gasteiger partial charge is 0.427 e. The van der Waals surface area contributed by atoms with Crippen LogP contribution in [0.4, 0.5) is 119 Å². The van der Waals surface area contributed by atoms with E-state index in [9.17, 15) is 96.6 Å². The number of nitrogens with two attached hydrogens (primary N) is 4. The van der Waals surface area contributed by atoms with Gasteiger partial charge in [0.25, 0.3) is 0 Å². The summed E-state index contributed by atoms with van der Waals surface area (Å²) >= 11 is 0. The van der Waals surface area contributed by atoms with Crippen molar-refractivity contribution in [3.8, 4) is 11.5 Å². The first-order valence-electron chi connectivity index (χ1n) is 12.5. The van der Waals surface area contributed by atoms with E-state index in [1.165, 1.54) is 6.92 Å². The average molecular weight is 822 g/mol.